The summed E-state index contributed by atoms with van der Waals surface area (Å²) in [6, 6.07) is 20.0. The molecule has 0 aliphatic rings. The van der Waals surface area contributed by atoms with Crippen molar-refractivity contribution in [2.75, 3.05) is 0 Å². The number of rotatable bonds is 4. The van der Waals surface area contributed by atoms with Crippen LogP contribution in [0.4, 0.5) is 0 Å². The van der Waals surface area contributed by atoms with Crippen molar-refractivity contribution >= 4 is 17.4 Å². The molecular formula is C17H18KNO2. The van der Waals surface area contributed by atoms with Crippen molar-refractivity contribution < 1.29 is 62.1 Å². The largest absolute Gasteiger partial charge is 1.00 e. The molecule has 0 unspecified atom stereocenters. The van der Waals surface area contributed by atoms with Gasteiger partial charge < -0.3 is 10.7 Å². The van der Waals surface area contributed by atoms with E-state index in [-0.39, 0.29) is 56.9 Å². The van der Waals surface area contributed by atoms with E-state index in [0.29, 0.717) is 12.1 Å². The normalized spacial score (nSPS) is 11.3. The van der Waals surface area contributed by atoms with Crippen molar-refractivity contribution in [2.45, 2.75) is 13.3 Å². The third-order valence-corrected chi connectivity index (χ3v) is 2.96. The molecule has 0 heterocycles. The molecule has 0 radical (unpaired) electrons. The maximum atomic E-state index is 9.18. The molecular weight excluding hydrogens is 289 g/mol. The van der Waals surface area contributed by atoms with Crippen LogP contribution >= 0.6 is 0 Å². The predicted octanol–water partition coefficient (Wildman–Crippen LogP) is 1.29. The zero-order valence-corrected chi connectivity index (χ0v) is 15.5. The molecule has 3 nitrogen and oxygen atoms in total. The molecule has 0 bridgehead atoms. The van der Waals surface area contributed by atoms with Gasteiger partial charge in [0.15, 0.2) is 0 Å². The van der Waals surface area contributed by atoms with E-state index in [4.69, 9.17) is 0 Å². The summed E-state index contributed by atoms with van der Waals surface area (Å²) < 4.78 is 0. The monoisotopic (exact) mass is 307 g/mol. The summed E-state index contributed by atoms with van der Waals surface area (Å²) in [5.74, 6) is 0. The minimum Gasteiger partial charge on any atom is -0.870 e. The molecule has 104 valence electrons. The molecule has 0 aromatic heterocycles. The average molecular weight is 307 g/mol. The number of benzene rings is 2. The Bertz CT molecular complexity index is 580. The van der Waals surface area contributed by atoms with Gasteiger partial charge in [-0.15, -0.1) is 0 Å². The van der Waals surface area contributed by atoms with Gasteiger partial charge in [-0.2, -0.15) is 0 Å². The van der Waals surface area contributed by atoms with Gasteiger partial charge in [0.25, 0.3) is 0 Å². The topological polar surface area (TPSA) is 62.6 Å². The number of hydrogen-bond acceptors (Lipinski definition) is 3. The third-order valence-electron chi connectivity index (χ3n) is 2.96. The molecule has 4 heteroatoms. The maximum absolute atomic E-state index is 9.18. The van der Waals surface area contributed by atoms with Gasteiger partial charge >= 0.3 is 51.4 Å². The molecule has 2 aromatic carbocycles. The van der Waals surface area contributed by atoms with Crippen molar-refractivity contribution in [1.29, 1.82) is 0 Å². The second-order valence-corrected chi connectivity index (χ2v) is 4.23. The standard InChI is InChI=1S/C17H17NO.K.H2O/c1-2-17(18-19)16(15-11-7-4-8-12-15)13-14-9-5-3-6-10-14;;/h3-13,19H,2H2,1H3;;1H2/q;+1;/p-1. The van der Waals surface area contributed by atoms with E-state index in [2.05, 4.69) is 5.16 Å². The average Bonchev–Trinajstić information content (AvgIpc) is 2.49. The third kappa shape index (κ3) is 5.86. The van der Waals surface area contributed by atoms with Crippen LogP contribution in [0.2, 0.25) is 0 Å². The predicted molar refractivity (Wildman–Crippen MR) is 82.2 cm³/mol. The van der Waals surface area contributed by atoms with Crippen LogP contribution in [0, 0.1) is 0 Å². The Morgan fingerprint density at radius 1 is 1.00 bits per heavy atom. The number of allylic oxidation sites excluding steroid dienone is 1. The fourth-order valence-electron chi connectivity index (χ4n) is 1.98. The Morgan fingerprint density at radius 2 is 1.52 bits per heavy atom. The maximum Gasteiger partial charge on any atom is 1.00 e. The Kier molecular flexibility index (Phi) is 10.5. The Hall–Kier alpha value is -0.754. The summed E-state index contributed by atoms with van der Waals surface area (Å²) in [5.41, 5.74) is 3.80. The van der Waals surface area contributed by atoms with Gasteiger partial charge in [0.1, 0.15) is 0 Å². The minimum atomic E-state index is 0. The number of hydrogen-bond donors (Lipinski definition) is 1. The minimum absolute atomic E-state index is 0. The smallest absolute Gasteiger partial charge is 0.870 e. The molecule has 2 N–H and O–H groups in total. The van der Waals surface area contributed by atoms with Crippen LogP contribution in [-0.4, -0.2) is 16.4 Å². The Labute approximate surface area is 168 Å². The first-order valence-electron chi connectivity index (χ1n) is 6.38. The zero-order chi connectivity index (χ0) is 13.5. The summed E-state index contributed by atoms with van der Waals surface area (Å²) >= 11 is 0. The van der Waals surface area contributed by atoms with E-state index < -0.39 is 0 Å². The summed E-state index contributed by atoms with van der Waals surface area (Å²) in [6.07, 6.45) is 2.73. The van der Waals surface area contributed by atoms with E-state index in [9.17, 15) is 5.21 Å². The Morgan fingerprint density at radius 3 is 2.00 bits per heavy atom. The van der Waals surface area contributed by atoms with Crippen molar-refractivity contribution in [3.63, 3.8) is 0 Å². The molecule has 21 heavy (non-hydrogen) atoms. The zero-order valence-electron chi connectivity index (χ0n) is 12.4. The quantitative estimate of drug-likeness (QED) is 0.304. The van der Waals surface area contributed by atoms with Gasteiger partial charge in [-0.05, 0) is 23.6 Å². The summed E-state index contributed by atoms with van der Waals surface area (Å²) in [6.45, 7) is 1.98. The van der Waals surface area contributed by atoms with Gasteiger partial charge in [-0.3, -0.25) is 0 Å². The van der Waals surface area contributed by atoms with Crippen molar-refractivity contribution in [3.05, 3.63) is 71.8 Å². The van der Waals surface area contributed by atoms with Crippen LogP contribution in [0.25, 0.3) is 11.6 Å². The Balaban J connectivity index is 0.00000200. The SMILES string of the molecule is CCC(=NO)C(=Cc1ccccc1)c1ccccc1.[K+].[OH-]. The van der Waals surface area contributed by atoms with Crippen LogP contribution in [0.1, 0.15) is 24.5 Å². The number of oxime groups is 1. The molecule has 0 atom stereocenters. The van der Waals surface area contributed by atoms with Gasteiger partial charge in [-0.1, -0.05) is 72.7 Å². The van der Waals surface area contributed by atoms with Crippen LogP contribution < -0.4 is 51.4 Å². The molecule has 2 aromatic rings. The van der Waals surface area contributed by atoms with E-state index in [1.165, 1.54) is 0 Å². The van der Waals surface area contributed by atoms with E-state index in [0.717, 1.165) is 16.7 Å². The van der Waals surface area contributed by atoms with Crippen molar-refractivity contribution in [3.8, 4) is 0 Å². The van der Waals surface area contributed by atoms with Gasteiger partial charge in [0, 0.05) is 5.57 Å². The summed E-state index contributed by atoms with van der Waals surface area (Å²) in [7, 11) is 0. The molecule has 0 fully saturated rings. The van der Waals surface area contributed by atoms with E-state index in [1.54, 1.807) is 0 Å². The van der Waals surface area contributed by atoms with Gasteiger partial charge in [-0.25, -0.2) is 0 Å². The van der Waals surface area contributed by atoms with Crippen LogP contribution in [0.5, 0.6) is 0 Å². The summed E-state index contributed by atoms with van der Waals surface area (Å²) in [4.78, 5) is 0. The number of nitrogens with zero attached hydrogens (tertiary/aromatic N) is 1. The molecule has 0 aliphatic heterocycles. The van der Waals surface area contributed by atoms with E-state index in [1.807, 2.05) is 73.7 Å². The second-order valence-electron chi connectivity index (χ2n) is 4.23. The van der Waals surface area contributed by atoms with Crippen molar-refractivity contribution in [1.82, 2.24) is 0 Å². The van der Waals surface area contributed by atoms with Crippen LogP contribution in [-0.2, 0) is 0 Å². The second kappa shape index (κ2) is 10.9. The first-order chi connectivity index (χ1) is 9.35. The van der Waals surface area contributed by atoms with Crippen LogP contribution in [0.3, 0.4) is 0 Å². The van der Waals surface area contributed by atoms with Gasteiger partial charge in [0.05, 0.1) is 5.71 Å². The first kappa shape index (κ1) is 20.2. The van der Waals surface area contributed by atoms with E-state index >= 15 is 0 Å². The van der Waals surface area contributed by atoms with Gasteiger partial charge in [0.2, 0.25) is 0 Å². The van der Waals surface area contributed by atoms with Crippen molar-refractivity contribution in [2.24, 2.45) is 5.16 Å². The molecule has 0 aliphatic carbocycles. The molecule has 2 rings (SSSR count). The first-order valence-corrected chi connectivity index (χ1v) is 6.38. The molecule has 0 saturated carbocycles. The van der Waals surface area contributed by atoms with Crippen LogP contribution in [0.15, 0.2) is 65.8 Å². The fourth-order valence-corrected chi connectivity index (χ4v) is 1.98. The fraction of sp³-hybridized carbons (Fsp3) is 0.118. The molecule has 0 saturated heterocycles. The molecule has 0 amide bonds. The summed E-state index contributed by atoms with van der Waals surface area (Å²) in [5, 5.41) is 12.6. The molecule has 0 spiro atoms.